The lowest BCUT2D eigenvalue weighted by atomic mass is 10.1. The van der Waals surface area contributed by atoms with Crippen LogP contribution in [0.4, 0.5) is 0 Å². The third-order valence-electron chi connectivity index (χ3n) is 4.75. The van der Waals surface area contributed by atoms with Gasteiger partial charge >= 0.3 is 0 Å². The van der Waals surface area contributed by atoms with Crippen molar-refractivity contribution < 1.29 is 4.79 Å². The fourth-order valence-electron chi connectivity index (χ4n) is 3.25. The minimum Gasteiger partial charge on any atom is -0.352 e. The van der Waals surface area contributed by atoms with Crippen LogP contribution in [-0.2, 0) is 13.1 Å². The molecule has 0 aliphatic heterocycles. The molecule has 0 atom stereocenters. The first-order valence-electron chi connectivity index (χ1n) is 9.43. The van der Waals surface area contributed by atoms with Crippen LogP contribution in [0, 0.1) is 27.7 Å². The van der Waals surface area contributed by atoms with Crippen LogP contribution in [0.25, 0.3) is 0 Å². The van der Waals surface area contributed by atoms with Crippen LogP contribution < -0.4 is 5.32 Å². The number of amides is 1. The summed E-state index contributed by atoms with van der Waals surface area (Å²) >= 11 is 6.22. The van der Waals surface area contributed by atoms with Gasteiger partial charge in [-0.1, -0.05) is 23.7 Å². The van der Waals surface area contributed by atoms with Gasteiger partial charge in [0.2, 0.25) is 0 Å². The molecule has 0 radical (unpaired) electrons. The first-order chi connectivity index (χ1) is 13.3. The number of nitrogens with zero attached hydrogens (tertiary/aromatic N) is 4. The molecule has 1 amide bonds. The number of aryl methyl sites for hydroxylation is 4. The van der Waals surface area contributed by atoms with Gasteiger partial charge in [0, 0.05) is 24.3 Å². The molecular formula is C21H26ClN5O. The van der Waals surface area contributed by atoms with Crippen molar-refractivity contribution in [2.24, 2.45) is 0 Å². The summed E-state index contributed by atoms with van der Waals surface area (Å²) < 4.78 is 3.84. The molecular weight excluding hydrogens is 374 g/mol. The molecule has 0 spiro atoms. The highest BCUT2D eigenvalue weighted by Gasteiger charge is 2.11. The van der Waals surface area contributed by atoms with E-state index in [1.807, 2.05) is 61.3 Å². The molecule has 1 aromatic carbocycles. The average Bonchev–Trinajstić information content (AvgIpc) is 3.11. The minimum absolute atomic E-state index is 0.0679. The van der Waals surface area contributed by atoms with Crippen molar-refractivity contribution in [3.05, 3.63) is 69.3 Å². The Balaban J connectivity index is 1.56. The second kappa shape index (κ2) is 8.61. The average molecular weight is 400 g/mol. The normalized spacial score (nSPS) is 11.0. The molecule has 0 saturated carbocycles. The molecule has 148 valence electrons. The van der Waals surface area contributed by atoms with Gasteiger partial charge < -0.3 is 5.32 Å². The number of nitrogens with one attached hydrogen (secondary N) is 1. The molecule has 2 heterocycles. The number of carbonyl (C=O) groups excluding carboxylic acids is 1. The Morgan fingerprint density at radius 3 is 2.54 bits per heavy atom. The van der Waals surface area contributed by atoms with Crippen molar-refractivity contribution in [3.8, 4) is 0 Å². The van der Waals surface area contributed by atoms with Gasteiger partial charge in [-0.15, -0.1) is 0 Å². The molecule has 7 heteroatoms. The summed E-state index contributed by atoms with van der Waals surface area (Å²) in [6, 6.07) is 9.67. The molecule has 28 heavy (non-hydrogen) atoms. The summed E-state index contributed by atoms with van der Waals surface area (Å²) in [7, 11) is 0. The molecule has 0 aliphatic rings. The summed E-state index contributed by atoms with van der Waals surface area (Å²) in [5.74, 6) is -0.0679. The van der Waals surface area contributed by atoms with E-state index in [1.165, 1.54) is 0 Å². The lowest BCUT2D eigenvalue weighted by Crippen LogP contribution is -2.25. The Hall–Kier alpha value is -2.60. The minimum atomic E-state index is -0.0679. The first-order valence-corrected chi connectivity index (χ1v) is 9.80. The Kier molecular flexibility index (Phi) is 6.19. The predicted molar refractivity (Wildman–Crippen MR) is 111 cm³/mol. The summed E-state index contributed by atoms with van der Waals surface area (Å²) in [6.07, 6.45) is 0.831. The van der Waals surface area contributed by atoms with Crippen LogP contribution in [0.2, 0.25) is 5.02 Å². The molecule has 0 fully saturated rings. The maximum Gasteiger partial charge on any atom is 0.251 e. The topological polar surface area (TPSA) is 64.7 Å². The quantitative estimate of drug-likeness (QED) is 0.614. The van der Waals surface area contributed by atoms with Gasteiger partial charge in [-0.25, -0.2) is 0 Å². The van der Waals surface area contributed by atoms with E-state index in [4.69, 9.17) is 11.6 Å². The van der Waals surface area contributed by atoms with Crippen molar-refractivity contribution in [3.63, 3.8) is 0 Å². The fraction of sp³-hybridized carbons (Fsp3) is 0.381. The summed E-state index contributed by atoms with van der Waals surface area (Å²) in [5, 5.41) is 12.6. The maximum atomic E-state index is 12.5. The van der Waals surface area contributed by atoms with E-state index in [0.717, 1.165) is 41.3 Å². The van der Waals surface area contributed by atoms with Gasteiger partial charge in [-0.3, -0.25) is 14.2 Å². The van der Waals surface area contributed by atoms with Crippen molar-refractivity contribution in [2.45, 2.75) is 47.2 Å². The van der Waals surface area contributed by atoms with E-state index in [0.29, 0.717) is 23.7 Å². The van der Waals surface area contributed by atoms with Crippen LogP contribution in [0.15, 0.2) is 30.3 Å². The number of carbonyl (C=O) groups is 1. The van der Waals surface area contributed by atoms with Gasteiger partial charge in [0.1, 0.15) is 0 Å². The number of benzene rings is 1. The van der Waals surface area contributed by atoms with E-state index in [9.17, 15) is 4.79 Å². The standard InChI is InChI=1S/C21H26ClN5O/c1-14-11-15(2)26(24-14)10-6-9-23-21(28)19-8-5-7-18(12-19)13-27-17(4)20(22)16(3)25-27/h5,7-8,11-12H,6,9-10,13H2,1-4H3,(H,23,28). The second-order valence-corrected chi connectivity index (χ2v) is 7.48. The van der Waals surface area contributed by atoms with Gasteiger partial charge in [-0.2, -0.15) is 10.2 Å². The highest BCUT2D eigenvalue weighted by atomic mass is 35.5. The zero-order valence-corrected chi connectivity index (χ0v) is 17.5. The molecule has 0 saturated heterocycles. The smallest absolute Gasteiger partial charge is 0.251 e. The van der Waals surface area contributed by atoms with Gasteiger partial charge in [-0.05, 0) is 57.9 Å². The third-order valence-corrected chi connectivity index (χ3v) is 5.30. The van der Waals surface area contributed by atoms with Gasteiger partial charge in [0.25, 0.3) is 5.91 Å². The molecule has 6 nitrogen and oxygen atoms in total. The van der Waals surface area contributed by atoms with Crippen LogP contribution in [0.5, 0.6) is 0 Å². The van der Waals surface area contributed by atoms with E-state index >= 15 is 0 Å². The molecule has 0 unspecified atom stereocenters. The maximum absolute atomic E-state index is 12.5. The van der Waals surface area contributed by atoms with E-state index < -0.39 is 0 Å². The molecule has 2 aromatic heterocycles. The fourth-order valence-corrected chi connectivity index (χ4v) is 3.38. The number of hydrogen-bond donors (Lipinski definition) is 1. The number of halogens is 1. The van der Waals surface area contributed by atoms with E-state index in [1.54, 1.807) is 0 Å². The highest BCUT2D eigenvalue weighted by molar-refractivity contribution is 6.31. The highest BCUT2D eigenvalue weighted by Crippen LogP contribution is 2.20. The Bertz CT molecular complexity index is 989. The summed E-state index contributed by atoms with van der Waals surface area (Å²) in [5.41, 5.74) is 5.56. The van der Waals surface area contributed by atoms with Crippen molar-refractivity contribution >= 4 is 17.5 Å². The third kappa shape index (κ3) is 4.62. The van der Waals surface area contributed by atoms with Gasteiger partial charge in [0.15, 0.2) is 0 Å². The first kappa shape index (κ1) is 20.1. The van der Waals surface area contributed by atoms with E-state index in [2.05, 4.69) is 21.6 Å². The largest absolute Gasteiger partial charge is 0.352 e. The van der Waals surface area contributed by atoms with Crippen molar-refractivity contribution in [1.29, 1.82) is 0 Å². The van der Waals surface area contributed by atoms with E-state index in [-0.39, 0.29) is 5.91 Å². The molecule has 0 bridgehead atoms. The Morgan fingerprint density at radius 2 is 1.89 bits per heavy atom. The van der Waals surface area contributed by atoms with Crippen molar-refractivity contribution in [2.75, 3.05) is 6.54 Å². The van der Waals surface area contributed by atoms with Crippen LogP contribution in [-0.4, -0.2) is 32.0 Å². The predicted octanol–water partition coefficient (Wildman–Crippen LogP) is 3.84. The second-order valence-electron chi connectivity index (χ2n) is 7.10. The summed E-state index contributed by atoms with van der Waals surface area (Å²) in [6.45, 7) is 9.84. The molecule has 3 aromatic rings. The molecule has 1 N–H and O–H groups in total. The van der Waals surface area contributed by atoms with Crippen LogP contribution in [0.3, 0.4) is 0 Å². The number of aromatic nitrogens is 4. The summed E-state index contributed by atoms with van der Waals surface area (Å²) in [4.78, 5) is 12.5. The monoisotopic (exact) mass is 399 g/mol. The lowest BCUT2D eigenvalue weighted by molar-refractivity contribution is 0.0952. The zero-order valence-electron chi connectivity index (χ0n) is 16.8. The van der Waals surface area contributed by atoms with Crippen LogP contribution in [0.1, 0.15) is 45.1 Å². The van der Waals surface area contributed by atoms with Gasteiger partial charge in [0.05, 0.1) is 28.6 Å². The SMILES string of the molecule is Cc1cc(C)n(CCCNC(=O)c2cccc(Cn3nc(C)c(Cl)c3C)c2)n1. The number of hydrogen-bond acceptors (Lipinski definition) is 3. The lowest BCUT2D eigenvalue weighted by Gasteiger charge is -2.09. The zero-order chi connectivity index (χ0) is 20.3. The number of rotatable bonds is 7. The Morgan fingerprint density at radius 1 is 1.11 bits per heavy atom. The van der Waals surface area contributed by atoms with Crippen molar-refractivity contribution in [1.82, 2.24) is 24.9 Å². The molecule has 3 rings (SSSR count). The Labute approximate surface area is 170 Å². The molecule has 0 aliphatic carbocycles. The van der Waals surface area contributed by atoms with Crippen LogP contribution >= 0.6 is 11.6 Å².